The van der Waals surface area contributed by atoms with Crippen LogP contribution in [0.25, 0.3) is 0 Å². The topological polar surface area (TPSA) is 237 Å². The number of unbranched alkanes of at least 4 members (excludes halogenated alkanes) is 37. The minimum Gasteiger partial charge on any atom is -0.462 e. The Morgan fingerprint density at radius 3 is 0.826 bits per heavy atom. The number of ether oxygens (including phenoxy) is 4. The Balaban J connectivity index is 5.20. The van der Waals surface area contributed by atoms with Crippen LogP contribution in [0.2, 0.25) is 0 Å². The number of phosphoric acid groups is 2. The lowest BCUT2D eigenvalue weighted by Crippen LogP contribution is -2.30. The molecule has 0 saturated carbocycles. The Labute approximate surface area is 562 Å². The lowest BCUT2D eigenvalue weighted by molar-refractivity contribution is -0.161. The molecule has 0 saturated heterocycles. The Bertz CT molecular complexity index is 1810. The van der Waals surface area contributed by atoms with E-state index in [2.05, 4.69) is 48.5 Å². The molecule has 0 aliphatic heterocycles. The lowest BCUT2D eigenvalue weighted by Gasteiger charge is -2.21. The number of rotatable bonds is 71. The van der Waals surface area contributed by atoms with Gasteiger partial charge in [-0.2, -0.15) is 0 Å². The van der Waals surface area contributed by atoms with E-state index in [1.165, 1.54) is 173 Å². The van der Waals surface area contributed by atoms with E-state index in [-0.39, 0.29) is 25.7 Å². The SMILES string of the molecule is CCCCCCCCCCCCCCCCCCCCCCC(=O)O[C@H](COC(=O)CCCCCCCCCCC(C)CC)COP(=O)(O)OC[C@@H](O)COP(=O)(O)OC[C@@H](COC(=O)CCCCCCCCC(C)CC)OC(=O)CCCCCCCCCC(C)C. The maximum atomic E-state index is 13.1. The van der Waals surface area contributed by atoms with Crippen molar-refractivity contribution < 1.29 is 80.2 Å². The molecule has 3 N–H and O–H groups in total. The maximum Gasteiger partial charge on any atom is 0.472 e. The van der Waals surface area contributed by atoms with Crippen LogP contribution < -0.4 is 0 Å². The summed E-state index contributed by atoms with van der Waals surface area (Å²) in [6.07, 6.45) is 48.8. The van der Waals surface area contributed by atoms with Crippen molar-refractivity contribution in [2.24, 2.45) is 17.8 Å². The number of hydrogen-bond donors (Lipinski definition) is 3. The molecule has 17 nitrogen and oxygen atoms in total. The maximum absolute atomic E-state index is 13.1. The molecule has 0 aromatic heterocycles. The quantitative estimate of drug-likeness (QED) is 0.0222. The van der Waals surface area contributed by atoms with Gasteiger partial charge >= 0.3 is 39.5 Å². The molecular formula is C73H142O17P2. The third kappa shape index (κ3) is 64.1. The van der Waals surface area contributed by atoms with Crippen LogP contribution in [-0.4, -0.2) is 96.7 Å². The number of hydrogen-bond acceptors (Lipinski definition) is 15. The fourth-order valence-electron chi connectivity index (χ4n) is 11.0. The monoisotopic (exact) mass is 1350 g/mol. The molecule has 4 unspecified atom stereocenters. The smallest absolute Gasteiger partial charge is 0.462 e. The van der Waals surface area contributed by atoms with Gasteiger partial charge in [0.2, 0.25) is 0 Å². The minimum absolute atomic E-state index is 0.102. The van der Waals surface area contributed by atoms with Crippen LogP contribution in [0.15, 0.2) is 0 Å². The Hall–Kier alpha value is -1.94. The van der Waals surface area contributed by atoms with Crippen LogP contribution in [0.4, 0.5) is 0 Å². The fourth-order valence-corrected chi connectivity index (χ4v) is 12.6. The summed E-state index contributed by atoms with van der Waals surface area (Å²) in [4.78, 5) is 72.6. The Kier molecular flexibility index (Phi) is 62.4. The van der Waals surface area contributed by atoms with E-state index in [9.17, 15) is 43.2 Å². The highest BCUT2D eigenvalue weighted by Gasteiger charge is 2.30. The summed E-state index contributed by atoms with van der Waals surface area (Å²) in [5.74, 6) is 0.0766. The van der Waals surface area contributed by atoms with Crippen molar-refractivity contribution in [3.8, 4) is 0 Å². The first-order valence-corrected chi connectivity index (χ1v) is 40.9. The van der Waals surface area contributed by atoms with E-state index >= 15 is 0 Å². The Morgan fingerprint density at radius 1 is 0.315 bits per heavy atom. The van der Waals surface area contributed by atoms with Crippen molar-refractivity contribution in [1.29, 1.82) is 0 Å². The van der Waals surface area contributed by atoms with Crippen molar-refractivity contribution in [2.45, 2.75) is 388 Å². The molecule has 0 aliphatic rings. The Morgan fingerprint density at radius 2 is 0.554 bits per heavy atom. The molecule has 0 aromatic carbocycles. The molecule has 0 aromatic rings. The predicted octanol–water partition coefficient (Wildman–Crippen LogP) is 21.0. The summed E-state index contributed by atoms with van der Waals surface area (Å²) in [7, 11) is -9.91. The van der Waals surface area contributed by atoms with Crippen molar-refractivity contribution >= 4 is 39.5 Å². The zero-order valence-electron chi connectivity index (χ0n) is 60.0. The summed E-state index contributed by atoms with van der Waals surface area (Å²) in [5.41, 5.74) is 0. The van der Waals surface area contributed by atoms with Gasteiger partial charge in [0, 0.05) is 25.7 Å². The second-order valence-electron chi connectivity index (χ2n) is 27.3. The fraction of sp³-hybridized carbons (Fsp3) is 0.945. The van der Waals surface area contributed by atoms with Gasteiger partial charge in [-0.25, -0.2) is 9.13 Å². The summed E-state index contributed by atoms with van der Waals surface area (Å²) in [6.45, 7) is 11.8. The first-order chi connectivity index (χ1) is 44.3. The summed E-state index contributed by atoms with van der Waals surface area (Å²) >= 11 is 0. The zero-order chi connectivity index (χ0) is 68.0. The lowest BCUT2D eigenvalue weighted by atomic mass is 9.99. The van der Waals surface area contributed by atoms with Crippen molar-refractivity contribution in [2.75, 3.05) is 39.6 Å². The van der Waals surface area contributed by atoms with Gasteiger partial charge in [-0.1, -0.05) is 318 Å². The first kappa shape index (κ1) is 90.1. The van der Waals surface area contributed by atoms with Gasteiger partial charge in [-0.05, 0) is 43.4 Å². The average Bonchev–Trinajstić information content (AvgIpc) is 2.15. The zero-order valence-corrected chi connectivity index (χ0v) is 61.8. The van der Waals surface area contributed by atoms with E-state index in [1.54, 1.807) is 0 Å². The van der Waals surface area contributed by atoms with Crippen LogP contribution in [0.5, 0.6) is 0 Å². The molecule has 0 amide bonds. The number of esters is 4. The number of phosphoric ester groups is 2. The van der Waals surface area contributed by atoms with Gasteiger partial charge in [0.15, 0.2) is 12.2 Å². The summed E-state index contributed by atoms with van der Waals surface area (Å²) in [6, 6.07) is 0. The number of aliphatic hydroxyl groups is 1. The van der Waals surface area contributed by atoms with Crippen LogP contribution in [0.3, 0.4) is 0 Å². The summed E-state index contributed by atoms with van der Waals surface area (Å²) < 4.78 is 68.3. The predicted molar refractivity (Wildman–Crippen MR) is 372 cm³/mol. The number of aliphatic hydroxyl groups excluding tert-OH is 1. The third-order valence-electron chi connectivity index (χ3n) is 17.6. The third-order valence-corrected chi connectivity index (χ3v) is 19.5. The largest absolute Gasteiger partial charge is 0.472 e. The second-order valence-corrected chi connectivity index (χ2v) is 30.2. The molecule has 0 rings (SSSR count). The van der Waals surface area contributed by atoms with E-state index < -0.39 is 97.5 Å². The molecule has 92 heavy (non-hydrogen) atoms. The molecule has 0 aliphatic carbocycles. The minimum atomic E-state index is -4.95. The van der Waals surface area contributed by atoms with Crippen molar-refractivity contribution in [1.82, 2.24) is 0 Å². The standard InChI is InChI=1S/C73H142O17P2/c1-8-11-12-13-14-15-16-17-18-19-20-21-22-23-24-25-26-33-42-49-56-72(77)89-68(60-83-70(75)54-47-40-32-28-27-31-38-45-52-65(6)9-2)62-87-91(79,80)85-58-67(74)59-86-92(81,82)88-63-69(90-73(78)57-50-43-34-29-30-37-44-51-64(4)5)61-84-71(76)55-48-41-36-35-39-46-53-66(7)10-3/h64-69,74H,8-63H2,1-7H3,(H,79,80)(H,81,82)/t65?,66?,67-,68-,69-/m1/s1. The van der Waals surface area contributed by atoms with Gasteiger partial charge in [-0.15, -0.1) is 0 Å². The number of carbonyl (C=O) groups excluding carboxylic acids is 4. The first-order valence-electron chi connectivity index (χ1n) is 37.9. The van der Waals surface area contributed by atoms with Gasteiger partial charge < -0.3 is 33.8 Å². The van der Waals surface area contributed by atoms with E-state index in [4.69, 9.17) is 37.0 Å². The van der Waals surface area contributed by atoms with Crippen molar-refractivity contribution in [3.05, 3.63) is 0 Å². The van der Waals surface area contributed by atoms with E-state index in [0.717, 1.165) is 108 Å². The normalized spacial score (nSPS) is 14.7. The molecule has 0 fully saturated rings. The van der Waals surface area contributed by atoms with Crippen LogP contribution >= 0.6 is 15.6 Å². The number of carbonyl (C=O) groups is 4. The molecule has 0 spiro atoms. The van der Waals surface area contributed by atoms with Gasteiger partial charge in [0.05, 0.1) is 26.4 Å². The highest BCUT2D eigenvalue weighted by molar-refractivity contribution is 7.47. The van der Waals surface area contributed by atoms with Gasteiger partial charge in [0.1, 0.15) is 19.3 Å². The van der Waals surface area contributed by atoms with Gasteiger partial charge in [-0.3, -0.25) is 37.3 Å². The highest BCUT2D eigenvalue weighted by Crippen LogP contribution is 2.45. The van der Waals surface area contributed by atoms with Crippen LogP contribution in [0, 0.1) is 17.8 Å². The molecule has 19 heteroatoms. The van der Waals surface area contributed by atoms with E-state index in [0.29, 0.717) is 31.6 Å². The molecule has 0 heterocycles. The molecular weight excluding hydrogens is 1210 g/mol. The second kappa shape index (κ2) is 63.8. The van der Waals surface area contributed by atoms with Gasteiger partial charge in [0.25, 0.3) is 0 Å². The molecule has 0 bridgehead atoms. The van der Waals surface area contributed by atoms with Crippen LogP contribution in [0.1, 0.15) is 370 Å². The molecule has 0 radical (unpaired) electrons. The molecule has 546 valence electrons. The highest BCUT2D eigenvalue weighted by atomic mass is 31.2. The van der Waals surface area contributed by atoms with Crippen molar-refractivity contribution in [3.63, 3.8) is 0 Å². The molecule has 7 atom stereocenters. The van der Waals surface area contributed by atoms with E-state index in [1.807, 2.05) is 0 Å². The average molecular weight is 1350 g/mol. The van der Waals surface area contributed by atoms with Crippen LogP contribution in [-0.2, 0) is 65.4 Å². The summed E-state index contributed by atoms with van der Waals surface area (Å²) in [5, 5.41) is 10.6.